The largest absolute Gasteiger partial charge is 0.311 e. The van der Waals surface area contributed by atoms with Crippen LogP contribution in [0.1, 0.15) is 25.6 Å². The summed E-state index contributed by atoms with van der Waals surface area (Å²) in [5.41, 5.74) is 1.25. The predicted octanol–water partition coefficient (Wildman–Crippen LogP) is 2.17. The normalized spacial score (nSPS) is 12.0. The van der Waals surface area contributed by atoms with Gasteiger partial charge in [-0.3, -0.25) is 9.59 Å². The van der Waals surface area contributed by atoms with E-state index in [1.165, 1.54) is 10.7 Å². The molecule has 1 heterocycles. The minimum atomic E-state index is -0.641. The smallest absolute Gasteiger partial charge is 0.267 e. The molecule has 2 aromatic rings. The standard InChI is InChI=1S/C16H19N3O2/c1-4-18(14-8-6-5-7-9-14)16(21)13(3)19-15(20)11-10-12(2)17-19/h5-11,13H,4H2,1-3H3. The molecule has 0 saturated heterocycles. The number of para-hydroxylation sites is 1. The van der Waals surface area contributed by atoms with Crippen molar-refractivity contribution in [2.45, 2.75) is 26.8 Å². The number of hydrogen-bond acceptors (Lipinski definition) is 3. The Balaban J connectivity index is 2.33. The number of hydrogen-bond donors (Lipinski definition) is 0. The lowest BCUT2D eigenvalue weighted by Gasteiger charge is -2.25. The lowest BCUT2D eigenvalue weighted by molar-refractivity contribution is -0.121. The Morgan fingerprint density at radius 1 is 1.24 bits per heavy atom. The van der Waals surface area contributed by atoms with E-state index in [1.807, 2.05) is 37.3 Å². The molecule has 5 nitrogen and oxygen atoms in total. The molecule has 2 rings (SSSR count). The van der Waals surface area contributed by atoms with E-state index in [0.717, 1.165) is 5.69 Å². The summed E-state index contributed by atoms with van der Waals surface area (Å²) in [5, 5.41) is 4.16. The molecule has 0 radical (unpaired) electrons. The third kappa shape index (κ3) is 3.18. The first-order valence-corrected chi connectivity index (χ1v) is 6.97. The second kappa shape index (κ2) is 6.35. The monoisotopic (exact) mass is 285 g/mol. The molecule has 1 aromatic carbocycles. The van der Waals surface area contributed by atoms with Crippen molar-refractivity contribution in [2.75, 3.05) is 11.4 Å². The van der Waals surface area contributed by atoms with Crippen molar-refractivity contribution in [3.05, 3.63) is 58.5 Å². The number of aromatic nitrogens is 2. The molecular weight excluding hydrogens is 266 g/mol. The highest BCUT2D eigenvalue weighted by Gasteiger charge is 2.23. The number of carbonyl (C=O) groups is 1. The molecular formula is C16H19N3O2. The van der Waals surface area contributed by atoms with Crippen LogP contribution in [0.2, 0.25) is 0 Å². The molecule has 0 aliphatic heterocycles. The van der Waals surface area contributed by atoms with Gasteiger partial charge >= 0.3 is 0 Å². The third-order valence-corrected chi connectivity index (χ3v) is 3.33. The Labute approximate surface area is 123 Å². The van der Waals surface area contributed by atoms with E-state index in [2.05, 4.69) is 5.10 Å². The zero-order valence-corrected chi connectivity index (χ0v) is 12.5. The maximum Gasteiger partial charge on any atom is 0.267 e. The van der Waals surface area contributed by atoms with Gasteiger partial charge in [0.2, 0.25) is 0 Å². The van der Waals surface area contributed by atoms with Gasteiger partial charge in [0.25, 0.3) is 11.5 Å². The van der Waals surface area contributed by atoms with Crippen LogP contribution in [0.3, 0.4) is 0 Å². The van der Waals surface area contributed by atoms with Crippen LogP contribution in [-0.2, 0) is 4.79 Å². The molecule has 5 heteroatoms. The van der Waals surface area contributed by atoms with Crippen LogP contribution in [0, 0.1) is 6.92 Å². The molecule has 0 aliphatic carbocycles. The Morgan fingerprint density at radius 3 is 2.52 bits per heavy atom. The zero-order valence-electron chi connectivity index (χ0n) is 12.5. The Morgan fingerprint density at radius 2 is 1.90 bits per heavy atom. The summed E-state index contributed by atoms with van der Waals surface area (Å²) < 4.78 is 1.24. The van der Waals surface area contributed by atoms with Gasteiger partial charge in [0.1, 0.15) is 6.04 Å². The molecule has 0 saturated carbocycles. The molecule has 0 aliphatic rings. The predicted molar refractivity (Wildman–Crippen MR) is 82.4 cm³/mol. The second-order valence-corrected chi connectivity index (χ2v) is 4.85. The number of nitrogens with zero attached hydrogens (tertiary/aromatic N) is 3. The second-order valence-electron chi connectivity index (χ2n) is 4.85. The van der Waals surface area contributed by atoms with Gasteiger partial charge in [0.05, 0.1) is 5.69 Å². The van der Waals surface area contributed by atoms with Crippen molar-refractivity contribution in [1.29, 1.82) is 0 Å². The molecule has 110 valence electrons. The minimum absolute atomic E-state index is 0.149. The SMILES string of the molecule is CCN(C(=O)C(C)n1nc(C)ccc1=O)c1ccccc1. The van der Waals surface area contributed by atoms with Gasteiger partial charge in [-0.25, -0.2) is 4.68 Å². The molecule has 0 spiro atoms. The van der Waals surface area contributed by atoms with Crippen LogP contribution in [-0.4, -0.2) is 22.2 Å². The van der Waals surface area contributed by atoms with E-state index in [1.54, 1.807) is 24.8 Å². The van der Waals surface area contributed by atoms with E-state index in [9.17, 15) is 9.59 Å². The van der Waals surface area contributed by atoms with Crippen LogP contribution in [0.15, 0.2) is 47.3 Å². The number of rotatable bonds is 4. The summed E-state index contributed by atoms with van der Waals surface area (Å²) in [5.74, 6) is -0.149. The lowest BCUT2D eigenvalue weighted by Crippen LogP contribution is -2.40. The molecule has 1 unspecified atom stereocenters. The van der Waals surface area contributed by atoms with Crippen LogP contribution >= 0.6 is 0 Å². The summed E-state index contributed by atoms with van der Waals surface area (Å²) in [6.45, 7) is 5.93. The van der Waals surface area contributed by atoms with Crippen LogP contribution in [0.4, 0.5) is 5.69 Å². The van der Waals surface area contributed by atoms with E-state index < -0.39 is 6.04 Å². The van der Waals surface area contributed by atoms with E-state index in [4.69, 9.17) is 0 Å². The van der Waals surface area contributed by atoms with E-state index in [-0.39, 0.29) is 11.5 Å². The van der Waals surface area contributed by atoms with Gasteiger partial charge in [-0.15, -0.1) is 0 Å². The fourth-order valence-electron chi connectivity index (χ4n) is 2.20. The maximum absolute atomic E-state index is 12.7. The zero-order chi connectivity index (χ0) is 15.4. The molecule has 0 fully saturated rings. The summed E-state index contributed by atoms with van der Waals surface area (Å²) in [6.07, 6.45) is 0. The number of anilines is 1. The van der Waals surface area contributed by atoms with Crippen LogP contribution in [0.5, 0.6) is 0 Å². The van der Waals surface area contributed by atoms with Crippen LogP contribution in [0.25, 0.3) is 0 Å². The molecule has 21 heavy (non-hydrogen) atoms. The van der Waals surface area contributed by atoms with Crippen molar-refractivity contribution < 1.29 is 4.79 Å². The highest BCUT2D eigenvalue weighted by molar-refractivity contribution is 5.95. The Kier molecular flexibility index (Phi) is 4.52. The van der Waals surface area contributed by atoms with E-state index in [0.29, 0.717) is 12.2 Å². The molecule has 0 N–H and O–H groups in total. The number of carbonyl (C=O) groups excluding carboxylic acids is 1. The lowest BCUT2D eigenvalue weighted by atomic mass is 10.2. The average molecular weight is 285 g/mol. The molecule has 1 amide bonds. The number of aryl methyl sites for hydroxylation is 1. The number of amides is 1. The Hall–Kier alpha value is -2.43. The van der Waals surface area contributed by atoms with Gasteiger partial charge in [0.15, 0.2) is 0 Å². The minimum Gasteiger partial charge on any atom is -0.311 e. The van der Waals surface area contributed by atoms with Gasteiger partial charge in [-0.1, -0.05) is 18.2 Å². The summed E-state index contributed by atoms with van der Waals surface area (Å²) in [6, 6.07) is 11.9. The van der Waals surface area contributed by atoms with Gasteiger partial charge in [-0.05, 0) is 39.0 Å². The first kappa shape index (κ1) is 15.0. The van der Waals surface area contributed by atoms with Crippen molar-refractivity contribution in [3.63, 3.8) is 0 Å². The maximum atomic E-state index is 12.7. The summed E-state index contributed by atoms with van der Waals surface area (Å²) >= 11 is 0. The van der Waals surface area contributed by atoms with Gasteiger partial charge in [0, 0.05) is 18.3 Å². The van der Waals surface area contributed by atoms with Crippen molar-refractivity contribution in [3.8, 4) is 0 Å². The van der Waals surface area contributed by atoms with Gasteiger partial charge < -0.3 is 4.90 Å². The third-order valence-electron chi connectivity index (χ3n) is 3.33. The number of likely N-dealkylation sites (N-methyl/N-ethyl adjacent to an activating group) is 1. The summed E-state index contributed by atoms with van der Waals surface area (Å²) in [7, 11) is 0. The summed E-state index contributed by atoms with van der Waals surface area (Å²) in [4.78, 5) is 26.2. The molecule has 1 atom stereocenters. The van der Waals surface area contributed by atoms with Gasteiger partial charge in [-0.2, -0.15) is 5.10 Å². The highest BCUT2D eigenvalue weighted by Crippen LogP contribution is 2.17. The van der Waals surface area contributed by atoms with Crippen molar-refractivity contribution in [2.24, 2.45) is 0 Å². The van der Waals surface area contributed by atoms with E-state index >= 15 is 0 Å². The van der Waals surface area contributed by atoms with Crippen LogP contribution < -0.4 is 10.5 Å². The highest BCUT2D eigenvalue weighted by atomic mass is 16.2. The average Bonchev–Trinajstić information content (AvgIpc) is 2.50. The molecule has 0 bridgehead atoms. The topological polar surface area (TPSA) is 55.2 Å². The quantitative estimate of drug-likeness (QED) is 0.865. The Bertz CT molecular complexity index is 679. The molecule has 1 aromatic heterocycles. The fraction of sp³-hybridized carbons (Fsp3) is 0.312. The first-order chi connectivity index (χ1) is 10.0. The fourth-order valence-corrected chi connectivity index (χ4v) is 2.20. The van der Waals surface area contributed by atoms with Crippen molar-refractivity contribution >= 4 is 11.6 Å². The number of benzene rings is 1. The van der Waals surface area contributed by atoms with Crippen molar-refractivity contribution in [1.82, 2.24) is 9.78 Å². The first-order valence-electron chi connectivity index (χ1n) is 6.97.